The van der Waals surface area contributed by atoms with E-state index in [2.05, 4.69) is 47.3 Å². The monoisotopic (exact) mass is 274 g/mol. The van der Waals surface area contributed by atoms with Crippen LogP contribution < -0.4 is 5.32 Å². The van der Waals surface area contributed by atoms with E-state index in [-0.39, 0.29) is 0 Å². The second kappa shape index (κ2) is 8.08. The van der Waals surface area contributed by atoms with Crippen molar-refractivity contribution in [1.29, 1.82) is 0 Å². The van der Waals surface area contributed by atoms with Crippen LogP contribution in [0.2, 0.25) is 0 Å². The lowest BCUT2D eigenvalue weighted by Crippen LogP contribution is -2.13. The van der Waals surface area contributed by atoms with E-state index in [1.54, 1.807) is 0 Å². The maximum atomic E-state index is 8.82. The van der Waals surface area contributed by atoms with Crippen LogP contribution in [0.1, 0.15) is 38.2 Å². The zero-order chi connectivity index (χ0) is 14.2. The van der Waals surface area contributed by atoms with Gasteiger partial charge in [0.1, 0.15) is 0 Å². The van der Waals surface area contributed by atoms with Gasteiger partial charge in [-0.05, 0) is 49.9 Å². The Kier molecular flexibility index (Phi) is 6.09. The van der Waals surface area contributed by atoms with Crippen LogP contribution in [0.15, 0.2) is 30.5 Å². The quantitative estimate of drug-likeness (QED) is 0.688. The van der Waals surface area contributed by atoms with Gasteiger partial charge in [0.05, 0.1) is 0 Å². The topological polar surface area (TPSA) is 37.2 Å². The zero-order valence-corrected chi connectivity index (χ0v) is 12.4. The number of aryl methyl sites for hydroxylation is 1. The van der Waals surface area contributed by atoms with Gasteiger partial charge in [-0.1, -0.05) is 19.1 Å². The number of aliphatic hydroxyl groups excluding tert-OH is 1. The number of nitrogens with zero attached hydrogens (tertiary/aromatic N) is 1. The first-order chi connectivity index (χ1) is 9.86. The molecule has 1 aromatic carbocycles. The Labute approximate surface area is 121 Å². The number of hydrogen-bond donors (Lipinski definition) is 2. The number of aliphatic hydroxyl groups is 1. The molecule has 0 fully saturated rings. The molecule has 0 aliphatic rings. The Balaban J connectivity index is 2.04. The summed E-state index contributed by atoms with van der Waals surface area (Å²) in [4.78, 5) is 0. The smallest absolute Gasteiger partial charge is 0.0483 e. The standard InChI is InChI=1S/C17H26N2O/c1-2-10-18-14-15-7-6-8-17-16(15)9-12-19(17)11-4-3-5-13-20/h6-9,12,18,20H,2-5,10-11,13-14H2,1H3. The van der Waals surface area contributed by atoms with E-state index in [0.29, 0.717) is 6.61 Å². The third-order valence-corrected chi connectivity index (χ3v) is 3.70. The minimum Gasteiger partial charge on any atom is -0.396 e. The highest BCUT2D eigenvalue weighted by Crippen LogP contribution is 2.21. The van der Waals surface area contributed by atoms with Crippen LogP contribution in [0.4, 0.5) is 0 Å². The fourth-order valence-corrected chi connectivity index (χ4v) is 2.61. The van der Waals surface area contributed by atoms with Gasteiger partial charge in [-0.2, -0.15) is 0 Å². The summed E-state index contributed by atoms with van der Waals surface area (Å²) in [6.07, 6.45) is 6.48. The molecule has 3 nitrogen and oxygen atoms in total. The lowest BCUT2D eigenvalue weighted by atomic mass is 10.1. The van der Waals surface area contributed by atoms with E-state index in [1.807, 2.05) is 0 Å². The van der Waals surface area contributed by atoms with E-state index in [4.69, 9.17) is 5.11 Å². The van der Waals surface area contributed by atoms with E-state index in [0.717, 1.165) is 38.9 Å². The largest absolute Gasteiger partial charge is 0.396 e. The van der Waals surface area contributed by atoms with Crippen LogP contribution in [-0.2, 0) is 13.1 Å². The third-order valence-electron chi connectivity index (χ3n) is 3.70. The molecule has 2 rings (SSSR count). The summed E-state index contributed by atoms with van der Waals surface area (Å²) in [5.41, 5.74) is 2.70. The lowest BCUT2D eigenvalue weighted by Gasteiger charge is -2.08. The van der Waals surface area contributed by atoms with E-state index >= 15 is 0 Å². The summed E-state index contributed by atoms with van der Waals surface area (Å²) < 4.78 is 2.33. The first-order valence-corrected chi connectivity index (χ1v) is 7.75. The first kappa shape index (κ1) is 15.1. The molecule has 2 aromatic rings. The van der Waals surface area contributed by atoms with Crippen LogP contribution in [-0.4, -0.2) is 22.8 Å². The highest BCUT2D eigenvalue weighted by molar-refractivity contribution is 5.83. The van der Waals surface area contributed by atoms with Gasteiger partial charge in [-0.15, -0.1) is 0 Å². The second-order valence-electron chi connectivity index (χ2n) is 5.32. The molecule has 0 amide bonds. The maximum Gasteiger partial charge on any atom is 0.0483 e. The van der Waals surface area contributed by atoms with E-state index in [9.17, 15) is 0 Å². The van der Waals surface area contributed by atoms with Gasteiger partial charge < -0.3 is 15.0 Å². The molecule has 0 atom stereocenters. The Hall–Kier alpha value is -1.32. The normalized spacial score (nSPS) is 11.3. The van der Waals surface area contributed by atoms with Gasteiger partial charge in [-0.3, -0.25) is 0 Å². The molecule has 1 aromatic heterocycles. The van der Waals surface area contributed by atoms with Gasteiger partial charge in [-0.25, -0.2) is 0 Å². The number of unbranched alkanes of at least 4 members (excludes halogenated alkanes) is 2. The average molecular weight is 274 g/mol. The van der Waals surface area contributed by atoms with Crippen LogP contribution in [0.3, 0.4) is 0 Å². The summed E-state index contributed by atoms with van der Waals surface area (Å²) in [5, 5.41) is 13.7. The molecule has 110 valence electrons. The number of aromatic nitrogens is 1. The van der Waals surface area contributed by atoms with Crippen molar-refractivity contribution in [3.8, 4) is 0 Å². The lowest BCUT2D eigenvalue weighted by molar-refractivity contribution is 0.282. The molecule has 1 heterocycles. The van der Waals surface area contributed by atoms with Gasteiger partial charge in [0.25, 0.3) is 0 Å². The maximum absolute atomic E-state index is 8.82. The van der Waals surface area contributed by atoms with Gasteiger partial charge >= 0.3 is 0 Å². The van der Waals surface area contributed by atoms with Crippen molar-refractivity contribution in [1.82, 2.24) is 9.88 Å². The molecule has 0 bridgehead atoms. The summed E-state index contributed by atoms with van der Waals surface area (Å²) in [5.74, 6) is 0. The van der Waals surface area contributed by atoms with Crippen molar-refractivity contribution in [2.75, 3.05) is 13.2 Å². The Bertz CT molecular complexity index is 519. The predicted octanol–water partition coefficient (Wildman–Crippen LogP) is 3.30. The first-order valence-electron chi connectivity index (χ1n) is 7.75. The van der Waals surface area contributed by atoms with Crippen LogP contribution in [0, 0.1) is 0 Å². The van der Waals surface area contributed by atoms with E-state index in [1.165, 1.54) is 22.9 Å². The fourth-order valence-electron chi connectivity index (χ4n) is 2.61. The van der Waals surface area contributed by atoms with Crippen LogP contribution >= 0.6 is 0 Å². The minimum absolute atomic E-state index is 0.305. The number of nitrogens with one attached hydrogen (secondary N) is 1. The molecule has 0 radical (unpaired) electrons. The highest BCUT2D eigenvalue weighted by Gasteiger charge is 2.05. The molecule has 2 N–H and O–H groups in total. The number of fused-ring (bicyclic) bond motifs is 1. The summed E-state index contributed by atoms with van der Waals surface area (Å²) in [7, 11) is 0. The molecule has 0 aliphatic carbocycles. The summed E-state index contributed by atoms with van der Waals surface area (Å²) >= 11 is 0. The minimum atomic E-state index is 0.305. The molecular formula is C17H26N2O. The Morgan fingerprint density at radius 1 is 1.15 bits per heavy atom. The molecular weight excluding hydrogens is 248 g/mol. The van der Waals surface area contributed by atoms with Gasteiger partial charge in [0.15, 0.2) is 0 Å². The van der Waals surface area contributed by atoms with Crippen LogP contribution in [0.25, 0.3) is 10.9 Å². The van der Waals surface area contributed by atoms with Gasteiger partial charge in [0, 0.05) is 36.8 Å². The molecule has 3 heteroatoms. The van der Waals surface area contributed by atoms with Crippen molar-refractivity contribution in [2.24, 2.45) is 0 Å². The SMILES string of the molecule is CCCNCc1cccc2c1ccn2CCCCCO. The zero-order valence-electron chi connectivity index (χ0n) is 12.4. The summed E-state index contributed by atoms with van der Waals surface area (Å²) in [6.45, 7) is 5.55. The van der Waals surface area contributed by atoms with Crippen molar-refractivity contribution in [2.45, 2.75) is 45.7 Å². The number of rotatable bonds is 9. The predicted molar refractivity (Wildman–Crippen MR) is 84.9 cm³/mol. The molecule has 20 heavy (non-hydrogen) atoms. The second-order valence-corrected chi connectivity index (χ2v) is 5.32. The van der Waals surface area contributed by atoms with E-state index < -0.39 is 0 Å². The molecule has 0 saturated carbocycles. The Morgan fingerprint density at radius 2 is 2.05 bits per heavy atom. The highest BCUT2D eigenvalue weighted by atomic mass is 16.2. The third kappa shape index (κ3) is 3.84. The molecule has 0 spiro atoms. The molecule has 0 aliphatic heterocycles. The van der Waals surface area contributed by atoms with Crippen LogP contribution in [0.5, 0.6) is 0 Å². The molecule has 0 saturated heterocycles. The fraction of sp³-hybridized carbons (Fsp3) is 0.529. The number of benzene rings is 1. The van der Waals surface area contributed by atoms with Crippen molar-refractivity contribution in [3.63, 3.8) is 0 Å². The van der Waals surface area contributed by atoms with Crippen molar-refractivity contribution in [3.05, 3.63) is 36.0 Å². The van der Waals surface area contributed by atoms with Crippen molar-refractivity contribution >= 4 is 10.9 Å². The van der Waals surface area contributed by atoms with Gasteiger partial charge in [0.2, 0.25) is 0 Å². The molecule has 0 unspecified atom stereocenters. The van der Waals surface area contributed by atoms with Crippen molar-refractivity contribution < 1.29 is 5.11 Å². The number of hydrogen-bond acceptors (Lipinski definition) is 2. The summed E-state index contributed by atoms with van der Waals surface area (Å²) in [6, 6.07) is 8.78. The average Bonchev–Trinajstić information content (AvgIpc) is 2.88. The Morgan fingerprint density at radius 3 is 2.85 bits per heavy atom.